The number of benzene rings is 2. The number of hydrogen-bond donors (Lipinski definition) is 1. The first-order valence-electron chi connectivity index (χ1n) is 8.86. The van der Waals surface area contributed by atoms with Crippen LogP contribution in [0.15, 0.2) is 97.0 Å². The maximum atomic E-state index is 12.2. The van der Waals surface area contributed by atoms with E-state index in [9.17, 15) is 4.79 Å². The van der Waals surface area contributed by atoms with Crippen LogP contribution in [0.25, 0.3) is 11.5 Å². The van der Waals surface area contributed by atoms with Gasteiger partial charge in [0, 0.05) is 37.9 Å². The first-order chi connectivity index (χ1) is 14.7. The number of carbonyl (C=O) groups excluding carboxylic acids is 1. The second-order valence-corrected chi connectivity index (χ2v) is 9.02. The zero-order valence-electron chi connectivity index (χ0n) is 15.5. The second-order valence-electron chi connectivity index (χ2n) is 6.03. The van der Waals surface area contributed by atoms with Crippen LogP contribution in [-0.2, 0) is 4.79 Å². The minimum atomic E-state index is -0.142. The zero-order chi connectivity index (χ0) is 20.8. The van der Waals surface area contributed by atoms with Crippen LogP contribution in [-0.4, -0.2) is 26.8 Å². The second kappa shape index (κ2) is 9.92. The van der Waals surface area contributed by atoms with Gasteiger partial charge in [0.05, 0.1) is 5.75 Å². The van der Waals surface area contributed by atoms with E-state index in [1.54, 1.807) is 36.3 Å². The highest BCUT2D eigenvalue weighted by Crippen LogP contribution is 2.29. The average Bonchev–Trinajstić information content (AvgIpc) is 3.25. The Kier molecular flexibility index (Phi) is 6.83. The topological polar surface area (TPSA) is 80.9 Å². The summed E-state index contributed by atoms with van der Waals surface area (Å²) in [5, 5.41) is 11.2. The molecule has 4 rings (SSSR count). The maximum absolute atomic E-state index is 12.2. The highest BCUT2D eigenvalue weighted by atomic mass is 79.9. The van der Waals surface area contributed by atoms with Gasteiger partial charge in [0.2, 0.25) is 11.8 Å². The van der Waals surface area contributed by atoms with Gasteiger partial charge in [-0.05, 0) is 60.7 Å². The first-order valence-corrected chi connectivity index (χ1v) is 11.5. The lowest BCUT2D eigenvalue weighted by atomic mass is 10.3. The molecule has 4 aromatic rings. The smallest absolute Gasteiger partial charge is 0.277 e. The van der Waals surface area contributed by atoms with E-state index < -0.39 is 0 Å². The van der Waals surface area contributed by atoms with Crippen LogP contribution in [0, 0.1) is 0 Å². The predicted molar refractivity (Wildman–Crippen MR) is 122 cm³/mol. The fourth-order valence-corrected chi connectivity index (χ4v) is 4.09. The third-order valence-corrected chi connectivity index (χ3v) is 6.21. The normalized spacial score (nSPS) is 10.7. The molecule has 0 fully saturated rings. The quantitative estimate of drug-likeness (QED) is 0.323. The molecule has 2 aromatic carbocycles. The summed E-state index contributed by atoms with van der Waals surface area (Å²) in [6.07, 6.45) is 3.31. The van der Waals surface area contributed by atoms with Gasteiger partial charge in [-0.3, -0.25) is 9.78 Å². The van der Waals surface area contributed by atoms with E-state index in [1.165, 1.54) is 11.8 Å². The minimum Gasteiger partial charge on any atom is -0.411 e. The van der Waals surface area contributed by atoms with Crippen molar-refractivity contribution in [2.24, 2.45) is 0 Å². The van der Waals surface area contributed by atoms with Gasteiger partial charge < -0.3 is 9.73 Å². The summed E-state index contributed by atoms with van der Waals surface area (Å²) in [4.78, 5) is 18.4. The molecule has 2 heterocycles. The summed E-state index contributed by atoms with van der Waals surface area (Å²) in [7, 11) is 0. The van der Waals surface area contributed by atoms with Crippen molar-refractivity contribution in [2.75, 3.05) is 11.1 Å². The number of amides is 1. The first kappa shape index (κ1) is 20.6. The molecular weight excluding hydrogens is 484 g/mol. The molecule has 30 heavy (non-hydrogen) atoms. The van der Waals surface area contributed by atoms with Gasteiger partial charge in [0.15, 0.2) is 0 Å². The lowest BCUT2D eigenvalue weighted by molar-refractivity contribution is -0.113. The zero-order valence-corrected chi connectivity index (χ0v) is 18.7. The number of nitrogens with one attached hydrogen (secondary N) is 1. The van der Waals surface area contributed by atoms with E-state index in [1.807, 2.05) is 36.4 Å². The summed E-state index contributed by atoms with van der Waals surface area (Å²) in [6, 6.07) is 19.4. The van der Waals surface area contributed by atoms with Gasteiger partial charge in [-0.1, -0.05) is 39.5 Å². The molecule has 0 radical (unpaired) electrons. The Morgan fingerprint density at radius 1 is 0.933 bits per heavy atom. The van der Waals surface area contributed by atoms with Crippen molar-refractivity contribution in [2.45, 2.75) is 15.0 Å². The summed E-state index contributed by atoms with van der Waals surface area (Å²) >= 11 is 6.29. The number of nitrogens with zero attached hydrogens (tertiary/aromatic N) is 3. The standard InChI is InChI=1S/C21H15BrN4O2S2/c22-15-1-5-17(6-2-15)30-18-7-3-16(4-8-18)24-19(27)13-29-21-26-25-20(28-21)14-9-11-23-12-10-14/h1-12H,13H2,(H,24,27). The fourth-order valence-electron chi connectivity index (χ4n) is 2.45. The van der Waals surface area contributed by atoms with Crippen LogP contribution in [0.1, 0.15) is 0 Å². The molecule has 0 aliphatic carbocycles. The van der Waals surface area contributed by atoms with Crippen molar-refractivity contribution in [3.63, 3.8) is 0 Å². The average molecular weight is 499 g/mol. The number of aromatic nitrogens is 3. The summed E-state index contributed by atoms with van der Waals surface area (Å²) in [5.74, 6) is 0.434. The molecule has 1 N–H and O–H groups in total. The van der Waals surface area contributed by atoms with Crippen LogP contribution < -0.4 is 5.32 Å². The Hall–Kier alpha value is -2.62. The Balaban J connectivity index is 1.28. The Morgan fingerprint density at radius 3 is 2.30 bits per heavy atom. The van der Waals surface area contributed by atoms with Crippen LogP contribution in [0.3, 0.4) is 0 Å². The molecule has 2 aromatic heterocycles. The van der Waals surface area contributed by atoms with Gasteiger partial charge >= 0.3 is 0 Å². The number of rotatable bonds is 7. The molecule has 0 aliphatic heterocycles. The number of thioether (sulfide) groups is 1. The van der Waals surface area contributed by atoms with Crippen LogP contribution in [0.5, 0.6) is 0 Å². The molecule has 0 atom stereocenters. The molecule has 0 unspecified atom stereocenters. The lowest BCUT2D eigenvalue weighted by Crippen LogP contribution is -2.13. The van der Waals surface area contributed by atoms with Gasteiger partial charge in [0.1, 0.15) is 0 Å². The fraction of sp³-hybridized carbons (Fsp3) is 0.0476. The number of halogens is 1. The molecule has 9 heteroatoms. The van der Waals surface area contributed by atoms with Crippen LogP contribution in [0.4, 0.5) is 5.69 Å². The van der Waals surface area contributed by atoms with E-state index >= 15 is 0 Å². The number of hydrogen-bond acceptors (Lipinski definition) is 7. The number of pyridine rings is 1. The van der Waals surface area contributed by atoms with E-state index in [2.05, 4.69) is 48.6 Å². The SMILES string of the molecule is O=C(CSc1nnc(-c2ccncc2)o1)Nc1ccc(Sc2ccc(Br)cc2)cc1. The molecule has 0 spiro atoms. The molecule has 150 valence electrons. The molecule has 0 bridgehead atoms. The van der Waals surface area contributed by atoms with Gasteiger partial charge in [0.25, 0.3) is 5.22 Å². The molecule has 1 amide bonds. The van der Waals surface area contributed by atoms with Crippen LogP contribution >= 0.6 is 39.5 Å². The maximum Gasteiger partial charge on any atom is 0.277 e. The third-order valence-electron chi connectivity index (χ3n) is 3.85. The molecule has 0 saturated heterocycles. The highest BCUT2D eigenvalue weighted by Gasteiger charge is 2.11. The Morgan fingerprint density at radius 2 is 1.60 bits per heavy atom. The largest absolute Gasteiger partial charge is 0.411 e. The van der Waals surface area contributed by atoms with Gasteiger partial charge in [-0.15, -0.1) is 10.2 Å². The number of anilines is 1. The molecular formula is C21H15BrN4O2S2. The van der Waals surface area contributed by atoms with Crippen molar-refractivity contribution >= 4 is 51.0 Å². The van der Waals surface area contributed by atoms with Crippen molar-refractivity contribution < 1.29 is 9.21 Å². The van der Waals surface area contributed by atoms with Crippen LogP contribution in [0.2, 0.25) is 0 Å². The lowest BCUT2D eigenvalue weighted by Gasteiger charge is -2.06. The monoisotopic (exact) mass is 498 g/mol. The van der Waals surface area contributed by atoms with Crippen molar-refractivity contribution in [3.8, 4) is 11.5 Å². The summed E-state index contributed by atoms with van der Waals surface area (Å²) < 4.78 is 6.63. The third kappa shape index (κ3) is 5.71. The van der Waals surface area contributed by atoms with E-state index in [4.69, 9.17) is 4.42 Å². The Labute approximate surface area is 190 Å². The van der Waals surface area contributed by atoms with Gasteiger partial charge in [-0.25, -0.2) is 0 Å². The van der Waals surface area contributed by atoms with E-state index in [0.717, 1.165) is 25.5 Å². The van der Waals surface area contributed by atoms with Crippen molar-refractivity contribution in [1.29, 1.82) is 0 Å². The Bertz CT molecular complexity index is 1120. The molecule has 0 saturated carbocycles. The number of carbonyl (C=O) groups is 1. The highest BCUT2D eigenvalue weighted by molar-refractivity contribution is 9.10. The molecule has 6 nitrogen and oxygen atoms in total. The predicted octanol–water partition coefficient (Wildman–Crippen LogP) is 5.78. The van der Waals surface area contributed by atoms with E-state index in [-0.39, 0.29) is 11.7 Å². The van der Waals surface area contributed by atoms with Crippen molar-refractivity contribution in [1.82, 2.24) is 15.2 Å². The summed E-state index contributed by atoms with van der Waals surface area (Å²) in [6.45, 7) is 0. The van der Waals surface area contributed by atoms with E-state index in [0.29, 0.717) is 11.1 Å². The van der Waals surface area contributed by atoms with Crippen molar-refractivity contribution in [3.05, 3.63) is 77.5 Å². The molecule has 0 aliphatic rings. The summed E-state index contributed by atoms with van der Waals surface area (Å²) in [5.41, 5.74) is 1.53. The van der Waals surface area contributed by atoms with Gasteiger partial charge in [-0.2, -0.15) is 0 Å². The minimum absolute atomic E-state index is 0.142.